The molecule has 1 heterocycles. The van der Waals surface area contributed by atoms with Crippen LogP contribution in [0.1, 0.15) is 11.1 Å². The average molecular weight is 470 g/mol. The zero-order valence-corrected chi connectivity index (χ0v) is 17.7. The molecule has 134 valence electrons. The molecule has 1 aromatic heterocycles. The molecule has 2 N–H and O–H groups in total. The van der Waals surface area contributed by atoms with Gasteiger partial charge < -0.3 is 10.6 Å². The Bertz CT molecular complexity index is 921. The molecule has 0 aliphatic carbocycles. The Balaban J connectivity index is 1.66. The highest BCUT2D eigenvalue weighted by atomic mass is 79.9. The van der Waals surface area contributed by atoms with Crippen molar-refractivity contribution in [2.75, 3.05) is 10.6 Å². The molecule has 0 saturated carbocycles. The van der Waals surface area contributed by atoms with Gasteiger partial charge in [0.05, 0.1) is 11.0 Å². The Morgan fingerprint density at radius 1 is 1.12 bits per heavy atom. The smallest absolute Gasteiger partial charge is 0.176 e. The van der Waals surface area contributed by atoms with Gasteiger partial charge in [-0.05, 0) is 58.8 Å². The minimum absolute atomic E-state index is 0.393. The van der Waals surface area contributed by atoms with E-state index in [2.05, 4.69) is 62.9 Å². The van der Waals surface area contributed by atoms with E-state index < -0.39 is 0 Å². The van der Waals surface area contributed by atoms with E-state index in [4.69, 9.17) is 35.4 Å². The number of nitrogens with one attached hydrogen (secondary N) is 2. The first kappa shape index (κ1) is 19.2. The van der Waals surface area contributed by atoms with E-state index in [0.29, 0.717) is 33.2 Å². The fourth-order valence-corrected chi connectivity index (χ4v) is 3.49. The van der Waals surface area contributed by atoms with Gasteiger partial charge in [0.1, 0.15) is 0 Å². The highest BCUT2D eigenvalue weighted by molar-refractivity contribution is 9.10. The van der Waals surface area contributed by atoms with E-state index in [1.807, 2.05) is 10.9 Å². The van der Waals surface area contributed by atoms with Gasteiger partial charge in [0, 0.05) is 21.9 Å². The Morgan fingerprint density at radius 2 is 1.77 bits per heavy atom. The number of hydrogen-bond donors (Lipinski definition) is 2. The number of nitrogens with zero attached hydrogens (tertiary/aromatic N) is 2. The van der Waals surface area contributed by atoms with Crippen LogP contribution in [-0.2, 0) is 6.54 Å². The van der Waals surface area contributed by atoms with Crippen LogP contribution in [0.25, 0.3) is 0 Å². The topological polar surface area (TPSA) is 41.9 Å². The second kappa shape index (κ2) is 8.39. The van der Waals surface area contributed by atoms with Crippen LogP contribution < -0.4 is 10.6 Å². The molecule has 0 atom stereocenters. The normalized spacial score (nSPS) is 10.6. The molecule has 0 aliphatic heterocycles. The quantitative estimate of drug-likeness (QED) is 0.451. The van der Waals surface area contributed by atoms with Gasteiger partial charge >= 0.3 is 0 Å². The van der Waals surface area contributed by atoms with Crippen molar-refractivity contribution in [3.05, 3.63) is 74.3 Å². The van der Waals surface area contributed by atoms with Crippen molar-refractivity contribution < 1.29 is 0 Å². The van der Waals surface area contributed by atoms with E-state index in [1.165, 1.54) is 11.1 Å². The van der Waals surface area contributed by atoms with Gasteiger partial charge in [-0.25, -0.2) is 0 Å². The van der Waals surface area contributed by atoms with Crippen LogP contribution in [-0.4, -0.2) is 14.9 Å². The van der Waals surface area contributed by atoms with E-state index in [0.717, 1.165) is 4.47 Å². The number of rotatable bonds is 4. The highest BCUT2D eigenvalue weighted by Gasteiger charge is 2.09. The Hall–Kier alpha value is -1.60. The van der Waals surface area contributed by atoms with Crippen LogP contribution in [0.3, 0.4) is 0 Å². The molecule has 4 nitrogen and oxygen atoms in total. The largest absolute Gasteiger partial charge is 0.332 e. The van der Waals surface area contributed by atoms with Crippen molar-refractivity contribution in [3.8, 4) is 0 Å². The summed E-state index contributed by atoms with van der Waals surface area (Å²) in [6, 6.07) is 13.5. The summed E-state index contributed by atoms with van der Waals surface area (Å²) in [6.07, 6.45) is 1.90. The second-order valence-corrected chi connectivity index (χ2v) is 7.88. The lowest BCUT2D eigenvalue weighted by atomic mass is 10.1. The lowest BCUT2D eigenvalue weighted by Gasteiger charge is -2.10. The van der Waals surface area contributed by atoms with Gasteiger partial charge in [0.25, 0.3) is 0 Å². The average Bonchev–Trinajstić information content (AvgIpc) is 2.88. The van der Waals surface area contributed by atoms with E-state index >= 15 is 0 Å². The molecule has 0 spiro atoms. The Labute approximate surface area is 175 Å². The maximum atomic E-state index is 6.00. The van der Waals surface area contributed by atoms with Crippen LogP contribution >= 0.6 is 51.3 Å². The lowest BCUT2D eigenvalue weighted by molar-refractivity contribution is 0.689. The maximum Gasteiger partial charge on any atom is 0.176 e. The number of benzene rings is 2. The van der Waals surface area contributed by atoms with Gasteiger partial charge in [-0.15, -0.1) is 0 Å². The minimum Gasteiger partial charge on any atom is -0.332 e. The summed E-state index contributed by atoms with van der Waals surface area (Å²) < 4.78 is 2.66. The van der Waals surface area contributed by atoms with Crippen LogP contribution in [0.4, 0.5) is 11.5 Å². The zero-order valence-electron chi connectivity index (χ0n) is 13.8. The minimum atomic E-state index is 0.393. The maximum absolute atomic E-state index is 6.00. The number of hydrogen-bond acceptors (Lipinski definition) is 2. The molecule has 26 heavy (non-hydrogen) atoms. The molecule has 2 aromatic carbocycles. The van der Waals surface area contributed by atoms with Crippen LogP contribution in [0, 0.1) is 6.92 Å². The van der Waals surface area contributed by atoms with Gasteiger partial charge in [0.15, 0.2) is 10.9 Å². The number of anilines is 2. The van der Waals surface area contributed by atoms with Crippen LogP contribution in [0.15, 0.2) is 53.1 Å². The summed E-state index contributed by atoms with van der Waals surface area (Å²) in [5.41, 5.74) is 3.11. The zero-order chi connectivity index (χ0) is 18.7. The molecule has 0 saturated heterocycles. The van der Waals surface area contributed by atoms with Gasteiger partial charge in [-0.1, -0.05) is 53.0 Å². The van der Waals surface area contributed by atoms with Crippen molar-refractivity contribution in [1.82, 2.24) is 9.78 Å². The summed E-state index contributed by atoms with van der Waals surface area (Å²) in [5, 5.41) is 12.1. The summed E-state index contributed by atoms with van der Waals surface area (Å²) in [5.74, 6) is 0.628. The number of thiocarbonyl (C=S) groups is 1. The first-order chi connectivity index (χ1) is 12.4. The lowest BCUT2D eigenvalue weighted by Crippen LogP contribution is -2.19. The molecule has 0 amide bonds. The molecular weight excluding hydrogens is 455 g/mol. The third-order valence-electron chi connectivity index (χ3n) is 3.53. The van der Waals surface area contributed by atoms with E-state index in [1.54, 1.807) is 18.2 Å². The number of halogens is 3. The first-order valence-corrected chi connectivity index (χ1v) is 9.67. The summed E-state index contributed by atoms with van der Waals surface area (Å²) >= 11 is 20.8. The van der Waals surface area contributed by atoms with E-state index in [-0.39, 0.29) is 0 Å². The molecule has 0 fully saturated rings. The van der Waals surface area contributed by atoms with Crippen molar-refractivity contribution in [3.63, 3.8) is 0 Å². The molecule has 0 unspecified atom stereocenters. The SMILES string of the molecule is Cc1ccc(Cn2cc(Br)c(NC(=S)Nc3cc(Cl)cc(Cl)c3)n2)cc1. The fraction of sp³-hybridized carbons (Fsp3) is 0.111. The molecule has 8 heteroatoms. The van der Waals surface area contributed by atoms with E-state index in [9.17, 15) is 0 Å². The van der Waals surface area contributed by atoms with Gasteiger partial charge in [-0.2, -0.15) is 5.10 Å². The van der Waals surface area contributed by atoms with Crippen LogP contribution in [0.5, 0.6) is 0 Å². The third kappa shape index (κ3) is 5.20. The monoisotopic (exact) mass is 468 g/mol. The third-order valence-corrected chi connectivity index (χ3v) is 4.76. The number of aromatic nitrogens is 2. The summed E-state index contributed by atoms with van der Waals surface area (Å²) in [7, 11) is 0. The Morgan fingerprint density at radius 3 is 2.42 bits per heavy atom. The van der Waals surface area contributed by atoms with Gasteiger partial charge in [-0.3, -0.25) is 4.68 Å². The highest BCUT2D eigenvalue weighted by Crippen LogP contribution is 2.24. The molecule has 0 bridgehead atoms. The standard InChI is InChI=1S/C18H15BrCl2N4S/c1-11-2-4-12(5-3-11)9-25-10-16(19)17(24-25)23-18(26)22-15-7-13(20)6-14(21)8-15/h2-8,10H,9H2,1H3,(H2,22,23,24,26). The first-order valence-electron chi connectivity index (χ1n) is 7.71. The van der Waals surface area contributed by atoms with Crippen molar-refractivity contribution in [2.24, 2.45) is 0 Å². The predicted molar refractivity (Wildman–Crippen MR) is 117 cm³/mol. The van der Waals surface area contributed by atoms with Crippen LogP contribution in [0.2, 0.25) is 10.0 Å². The Kier molecular flexibility index (Phi) is 6.19. The molecule has 0 radical (unpaired) electrons. The molecule has 0 aliphatic rings. The summed E-state index contributed by atoms with van der Waals surface area (Å²) in [6.45, 7) is 2.74. The van der Waals surface area contributed by atoms with Gasteiger partial charge in [0.2, 0.25) is 0 Å². The second-order valence-electron chi connectivity index (χ2n) is 5.75. The summed E-state index contributed by atoms with van der Waals surface area (Å²) in [4.78, 5) is 0. The van der Waals surface area contributed by atoms with Crippen molar-refractivity contribution >= 4 is 68.0 Å². The van der Waals surface area contributed by atoms with Crippen molar-refractivity contribution in [2.45, 2.75) is 13.5 Å². The van der Waals surface area contributed by atoms with Crippen molar-refractivity contribution in [1.29, 1.82) is 0 Å². The molecule has 3 rings (SSSR count). The number of aryl methyl sites for hydroxylation is 1. The fourth-order valence-electron chi connectivity index (χ4n) is 2.34. The molecule has 3 aromatic rings. The molecular formula is C18H15BrCl2N4S. The predicted octanol–water partition coefficient (Wildman–Crippen LogP) is 6.12.